The van der Waals surface area contributed by atoms with Gasteiger partial charge in [-0.05, 0) is 111 Å². The second kappa shape index (κ2) is 14.3. The van der Waals surface area contributed by atoms with Gasteiger partial charge in [-0.15, -0.1) is 0 Å². The minimum atomic E-state index is -0.515. The normalized spacial score (nSPS) is 12.8. The number of anilines is 3. The highest BCUT2D eigenvalue weighted by atomic mass is 16.3. The molecule has 0 radical (unpaired) electrons. The van der Waals surface area contributed by atoms with E-state index in [1.54, 1.807) is 0 Å². The molecule has 2 heterocycles. The minimum Gasteiger partial charge on any atom is -0.456 e. The molecule has 10 aromatic carbocycles. The lowest BCUT2D eigenvalue weighted by Crippen LogP contribution is -2.28. The molecule has 0 spiro atoms. The first-order valence-electron chi connectivity index (χ1n) is 22.0. The molecule has 0 N–H and O–H groups in total. The first-order valence-corrected chi connectivity index (χ1v) is 22.0. The highest BCUT2D eigenvalue weighted by Gasteiger charge is 2.46. The van der Waals surface area contributed by atoms with E-state index in [1.807, 2.05) is 6.07 Å². The summed E-state index contributed by atoms with van der Waals surface area (Å²) in [4.78, 5) is 2.41. The van der Waals surface area contributed by atoms with E-state index in [0.717, 1.165) is 55.7 Å². The Morgan fingerprint density at radius 2 is 0.906 bits per heavy atom. The molecule has 12 aromatic rings. The number of aromatic nitrogens is 1. The Morgan fingerprint density at radius 1 is 0.344 bits per heavy atom. The van der Waals surface area contributed by atoms with Crippen molar-refractivity contribution >= 4 is 60.8 Å². The smallest absolute Gasteiger partial charge is 0.137 e. The van der Waals surface area contributed by atoms with E-state index in [1.165, 1.54) is 55.3 Å². The zero-order valence-corrected chi connectivity index (χ0v) is 34.9. The SMILES string of the molecule is c1ccc(-c2ccc(N(c3ccc(-n4c5ccccc5c5cc6c(cc54)oc4ccccc46)cc3)c3ccc4c(c3)C(c3ccccc3)(c3ccccc3)c3ccccc3-4)cc2)cc1. The molecular weight excluding hydrogens is 777 g/mol. The van der Waals surface area contributed by atoms with Crippen molar-refractivity contribution in [3.8, 4) is 27.9 Å². The van der Waals surface area contributed by atoms with Crippen LogP contribution in [0.25, 0.3) is 71.7 Å². The molecule has 3 heteroatoms. The fourth-order valence-corrected chi connectivity index (χ4v) is 10.7. The van der Waals surface area contributed by atoms with Crippen molar-refractivity contribution in [1.82, 2.24) is 4.57 Å². The van der Waals surface area contributed by atoms with Crippen LogP contribution >= 0.6 is 0 Å². The third-order valence-electron chi connectivity index (χ3n) is 13.5. The van der Waals surface area contributed by atoms with Crippen LogP contribution < -0.4 is 4.90 Å². The quantitative estimate of drug-likeness (QED) is 0.160. The summed E-state index contributed by atoms with van der Waals surface area (Å²) in [5.41, 5.74) is 17.8. The van der Waals surface area contributed by atoms with Gasteiger partial charge in [-0.2, -0.15) is 0 Å². The molecule has 0 aliphatic heterocycles. The van der Waals surface area contributed by atoms with E-state index >= 15 is 0 Å². The van der Waals surface area contributed by atoms with Gasteiger partial charge in [0.2, 0.25) is 0 Å². The van der Waals surface area contributed by atoms with E-state index in [9.17, 15) is 0 Å². The van der Waals surface area contributed by atoms with E-state index in [2.05, 4.69) is 246 Å². The van der Waals surface area contributed by atoms with Crippen molar-refractivity contribution in [2.45, 2.75) is 5.41 Å². The van der Waals surface area contributed by atoms with Crippen molar-refractivity contribution in [3.63, 3.8) is 0 Å². The third kappa shape index (κ3) is 5.41. The van der Waals surface area contributed by atoms with Crippen LogP contribution in [0, 0.1) is 0 Å². The van der Waals surface area contributed by atoms with Gasteiger partial charge in [0.05, 0.1) is 16.4 Å². The Morgan fingerprint density at radius 3 is 1.64 bits per heavy atom. The molecule has 0 unspecified atom stereocenters. The standard InChI is InChI=1S/C61H40N2O/c1-4-16-41(17-5-1)42-28-30-45(31-29-42)62(48-36-37-50-49-22-10-13-25-55(49)61(56(50)38-48,43-18-6-2-7-19-43)44-20-8-3-9-21-44)46-32-34-47(35-33-46)63-57-26-14-11-23-51(57)53-39-54-52-24-12-15-27-59(52)64-60(54)40-58(53)63/h1-40H. The maximum absolute atomic E-state index is 6.44. The Kier molecular flexibility index (Phi) is 8.13. The maximum atomic E-state index is 6.44. The summed E-state index contributed by atoms with van der Waals surface area (Å²) in [6, 6.07) is 88.3. The number of nitrogens with zero attached hydrogens (tertiary/aromatic N) is 2. The molecule has 300 valence electrons. The molecule has 0 saturated heterocycles. The van der Waals surface area contributed by atoms with Gasteiger partial charge < -0.3 is 13.9 Å². The summed E-state index contributed by atoms with van der Waals surface area (Å²) in [6.07, 6.45) is 0. The van der Waals surface area contributed by atoms with Crippen molar-refractivity contribution in [3.05, 3.63) is 265 Å². The molecule has 1 aliphatic carbocycles. The fraction of sp³-hybridized carbons (Fsp3) is 0.0164. The second-order valence-corrected chi connectivity index (χ2v) is 16.8. The zero-order valence-electron chi connectivity index (χ0n) is 34.9. The van der Waals surface area contributed by atoms with Crippen LogP contribution in [0.1, 0.15) is 22.3 Å². The Hall–Kier alpha value is -8.40. The number of benzene rings is 10. The van der Waals surface area contributed by atoms with Crippen LogP contribution in [0.3, 0.4) is 0 Å². The number of para-hydroxylation sites is 2. The van der Waals surface area contributed by atoms with Crippen LogP contribution in [0.15, 0.2) is 247 Å². The molecule has 0 fully saturated rings. The number of fused-ring (bicyclic) bond motifs is 9. The highest BCUT2D eigenvalue weighted by molar-refractivity contribution is 6.17. The van der Waals surface area contributed by atoms with Gasteiger partial charge in [0.15, 0.2) is 0 Å². The molecular formula is C61H40N2O. The lowest BCUT2D eigenvalue weighted by Gasteiger charge is -2.35. The number of furan rings is 1. The predicted octanol–water partition coefficient (Wildman–Crippen LogP) is 16.2. The Balaban J connectivity index is 1.00. The highest BCUT2D eigenvalue weighted by Crippen LogP contribution is 2.57. The van der Waals surface area contributed by atoms with Crippen LogP contribution in [0.4, 0.5) is 17.1 Å². The van der Waals surface area contributed by atoms with Crippen molar-refractivity contribution < 1.29 is 4.42 Å². The topological polar surface area (TPSA) is 21.3 Å². The fourth-order valence-electron chi connectivity index (χ4n) is 10.7. The predicted molar refractivity (Wildman–Crippen MR) is 265 cm³/mol. The average molecular weight is 817 g/mol. The molecule has 1 aliphatic rings. The summed E-state index contributed by atoms with van der Waals surface area (Å²) in [6.45, 7) is 0. The van der Waals surface area contributed by atoms with Gasteiger partial charge in [0.1, 0.15) is 11.2 Å². The Bertz CT molecular complexity index is 3660. The maximum Gasteiger partial charge on any atom is 0.137 e. The van der Waals surface area contributed by atoms with E-state index in [0.29, 0.717) is 0 Å². The molecule has 0 bridgehead atoms. The lowest BCUT2D eigenvalue weighted by molar-refractivity contribution is 0.669. The molecule has 64 heavy (non-hydrogen) atoms. The summed E-state index contributed by atoms with van der Waals surface area (Å²) in [5, 5.41) is 4.70. The molecule has 0 atom stereocenters. The van der Waals surface area contributed by atoms with Crippen LogP contribution in [0.5, 0.6) is 0 Å². The van der Waals surface area contributed by atoms with Gasteiger partial charge in [-0.25, -0.2) is 0 Å². The second-order valence-electron chi connectivity index (χ2n) is 16.8. The number of rotatable bonds is 7. The van der Waals surface area contributed by atoms with Crippen molar-refractivity contribution in [2.75, 3.05) is 4.90 Å². The van der Waals surface area contributed by atoms with Crippen LogP contribution in [-0.2, 0) is 5.41 Å². The molecule has 3 nitrogen and oxygen atoms in total. The average Bonchev–Trinajstić information content (AvgIpc) is 4.00. The summed E-state index contributed by atoms with van der Waals surface area (Å²) >= 11 is 0. The molecule has 0 amide bonds. The number of hydrogen-bond acceptors (Lipinski definition) is 2. The summed E-state index contributed by atoms with van der Waals surface area (Å²) in [5.74, 6) is 0. The number of hydrogen-bond donors (Lipinski definition) is 0. The monoisotopic (exact) mass is 816 g/mol. The molecule has 13 rings (SSSR count). The summed E-state index contributed by atoms with van der Waals surface area (Å²) < 4.78 is 8.81. The largest absolute Gasteiger partial charge is 0.456 e. The summed E-state index contributed by atoms with van der Waals surface area (Å²) in [7, 11) is 0. The van der Waals surface area contributed by atoms with E-state index in [4.69, 9.17) is 4.42 Å². The van der Waals surface area contributed by atoms with Crippen LogP contribution in [-0.4, -0.2) is 4.57 Å². The molecule has 2 aromatic heterocycles. The molecule has 0 saturated carbocycles. The van der Waals surface area contributed by atoms with Gasteiger partial charge in [0.25, 0.3) is 0 Å². The van der Waals surface area contributed by atoms with Gasteiger partial charge in [-0.1, -0.05) is 170 Å². The van der Waals surface area contributed by atoms with Crippen molar-refractivity contribution in [1.29, 1.82) is 0 Å². The van der Waals surface area contributed by atoms with Gasteiger partial charge in [0, 0.05) is 50.4 Å². The van der Waals surface area contributed by atoms with E-state index < -0.39 is 5.41 Å². The third-order valence-corrected chi connectivity index (χ3v) is 13.5. The first-order chi connectivity index (χ1) is 31.7. The lowest BCUT2D eigenvalue weighted by atomic mass is 9.67. The van der Waals surface area contributed by atoms with Gasteiger partial charge in [-0.3, -0.25) is 0 Å². The Labute approximate surface area is 371 Å². The first kappa shape index (κ1) is 36.3. The zero-order chi connectivity index (χ0) is 42.2. The van der Waals surface area contributed by atoms with Gasteiger partial charge >= 0.3 is 0 Å². The van der Waals surface area contributed by atoms with Crippen LogP contribution in [0.2, 0.25) is 0 Å². The minimum absolute atomic E-state index is 0.515. The van der Waals surface area contributed by atoms with Crippen molar-refractivity contribution in [2.24, 2.45) is 0 Å². The van der Waals surface area contributed by atoms with E-state index in [-0.39, 0.29) is 0 Å².